The Bertz CT molecular complexity index is 357. The summed E-state index contributed by atoms with van der Waals surface area (Å²) in [6.07, 6.45) is 0. The molecule has 0 saturated carbocycles. The molecule has 15 heavy (non-hydrogen) atoms. The van der Waals surface area contributed by atoms with E-state index >= 15 is 0 Å². The molecule has 0 amide bonds. The number of nitrogens with zero attached hydrogens (tertiary/aromatic N) is 1. The fraction of sp³-hybridized carbons (Fsp3) is 0.273. The number of hydrogen-bond donors (Lipinski definition) is 1. The Morgan fingerprint density at radius 1 is 1.53 bits per heavy atom. The van der Waals surface area contributed by atoms with Gasteiger partial charge in [0, 0.05) is 6.54 Å². The number of nitrogens with one attached hydrogen (secondary N) is 1. The first-order chi connectivity index (χ1) is 7.27. The van der Waals surface area contributed by atoms with E-state index in [1.807, 2.05) is 36.4 Å². The van der Waals surface area contributed by atoms with Gasteiger partial charge < -0.3 is 4.74 Å². The molecule has 0 bridgehead atoms. The average molecular weight is 204 g/mol. The van der Waals surface area contributed by atoms with E-state index in [2.05, 4.69) is 10.1 Å². The van der Waals surface area contributed by atoms with Crippen molar-refractivity contribution >= 4 is 5.97 Å². The zero-order valence-electron chi connectivity index (χ0n) is 8.43. The zero-order chi connectivity index (χ0) is 11.1. The Balaban J connectivity index is 2.49. The zero-order valence-corrected chi connectivity index (χ0v) is 8.43. The summed E-state index contributed by atoms with van der Waals surface area (Å²) in [7, 11) is 1.26. The maximum Gasteiger partial charge on any atom is 0.337 e. The highest BCUT2D eigenvalue weighted by molar-refractivity contribution is 5.78. The van der Waals surface area contributed by atoms with E-state index in [-0.39, 0.29) is 0 Å². The molecule has 0 aromatic heterocycles. The van der Waals surface area contributed by atoms with E-state index in [1.165, 1.54) is 7.11 Å². The third kappa shape index (κ3) is 3.41. The number of esters is 1. The first-order valence-corrected chi connectivity index (χ1v) is 4.52. The molecule has 78 valence electrons. The number of carbonyl (C=O) groups is 1. The number of carbonyl (C=O) groups excluding carboxylic acids is 1. The van der Waals surface area contributed by atoms with Crippen LogP contribution < -0.4 is 5.32 Å². The molecule has 1 N–H and O–H groups in total. The second-order valence-electron chi connectivity index (χ2n) is 2.95. The largest absolute Gasteiger partial charge is 0.467 e. The standard InChI is InChI=1S/C11H12N2O2/c1-15-11(14)10(7-12)13-8-9-5-3-2-4-6-9/h2-6,10,13H,8H2,1H3. The van der Waals surface area contributed by atoms with Crippen molar-refractivity contribution in [2.24, 2.45) is 0 Å². The van der Waals surface area contributed by atoms with E-state index in [0.717, 1.165) is 5.56 Å². The summed E-state index contributed by atoms with van der Waals surface area (Å²) in [6, 6.07) is 10.5. The number of methoxy groups -OCH3 is 1. The molecule has 0 fully saturated rings. The molecule has 0 spiro atoms. The van der Waals surface area contributed by atoms with E-state index in [0.29, 0.717) is 6.54 Å². The van der Waals surface area contributed by atoms with Crippen LogP contribution in [-0.4, -0.2) is 19.1 Å². The van der Waals surface area contributed by atoms with Crippen LogP contribution in [0.1, 0.15) is 5.56 Å². The van der Waals surface area contributed by atoms with Crippen molar-refractivity contribution < 1.29 is 9.53 Å². The Morgan fingerprint density at radius 3 is 2.73 bits per heavy atom. The van der Waals surface area contributed by atoms with E-state index in [4.69, 9.17) is 5.26 Å². The van der Waals surface area contributed by atoms with Crippen molar-refractivity contribution in [3.63, 3.8) is 0 Å². The van der Waals surface area contributed by atoms with Crippen molar-refractivity contribution in [3.05, 3.63) is 35.9 Å². The fourth-order valence-corrected chi connectivity index (χ4v) is 1.12. The van der Waals surface area contributed by atoms with Gasteiger partial charge in [0.05, 0.1) is 13.2 Å². The summed E-state index contributed by atoms with van der Waals surface area (Å²) in [5.41, 5.74) is 1.02. The summed E-state index contributed by atoms with van der Waals surface area (Å²) in [5.74, 6) is -0.562. The van der Waals surface area contributed by atoms with Gasteiger partial charge in [0.25, 0.3) is 0 Å². The van der Waals surface area contributed by atoms with Gasteiger partial charge in [-0.15, -0.1) is 0 Å². The van der Waals surface area contributed by atoms with Crippen LogP contribution in [0.15, 0.2) is 30.3 Å². The molecule has 0 aliphatic heterocycles. The molecule has 4 heteroatoms. The predicted molar refractivity (Wildman–Crippen MR) is 54.7 cm³/mol. The summed E-state index contributed by atoms with van der Waals surface area (Å²) in [5, 5.41) is 11.5. The van der Waals surface area contributed by atoms with Gasteiger partial charge in [-0.3, -0.25) is 5.32 Å². The maximum atomic E-state index is 11.1. The van der Waals surface area contributed by atoms with Crippen LogP contribution in [0.3, 0.4) is 0 Å². The summed E-state index contributed by atoms with van der Waals surface area (Å²) >= 11 is 0. The summed E-state index contributed by atoms with van der Waals surface area (Å²) in [6.45, 7) is 0.466. The highest BCUT2D eigenvalue weighted by atomic mass is 16.5. The molecule has 1 rings (SSSR count). The van der Waals surface area contributed by atoms with Gasteiger partial charge in [-0.05, 0) is 5.56 Å². The Morgan fingerprint density at radius 2 is 2.20 bits per heavy atom. The highest BCUT2D eigenvalue weighted by Crippen LogP contribution is 1.98. The van der Waals surface area contributed by atoms with Crippen LogP contribution in [0.4, 0.5) is 0 Å². The van der Waals surface area contributed by atoms with Crippen LogP contribution >= 0.6 is 0 Å². The van der Waals surface area contributed by atoms with Crippen LogP contribution in [0.5, 0.6) is 0 Å². The van der Waals surface area contributed by atoms with Crippen molar-refractivity contribution in [1.29, 1.82) is 5.26 Å². The number of benzene rings is 1. The number of rotatable bonds is 4. The van der Waals surface area contributed by atoms with Gasteiger partial charge >= 0.3 is 5.97 Å². The first-order valence-electron chi connectivity index (χ1n) is 4.52. The monoisotopic (exact) mass is 204 g/mol. The molecule has 0 radical (unpaired) electrons. The topological polar surface area (TPSA) is 62.1 Å². The minimum absolute atomic E-state index is 0.466. The highest BCUT2D eigenvalue weighted by Gasteiger charge is 2.16. The predicted octanol–water partition coefficient (Wildman–Crippen LogP) is 0.841. The fourth-order valence-electron chi connectivity index (χ4n) is 1.12. The van der Waals surface area contributed by atoms with E-state index < -0.39 is 12.0 Å². The minimum Gasteiger partial charge on any atom is -0.467 e. The molecule has 4 nitrogen and oxygen atoms in total. The molecule has 1 aromatic rings. The molecule has 1 atom stereocenters. The SMILES string of the molecule is COC(=O)C(C#N)NCc1ccccc1. The number of hydrogen-bond acceptors (Lipinski definition) is 4. The first kappa shape index (κ1) is 11.2. The van der Waals surface area contributed by atoms with Gasteiger partial charge in [-0.25, -0.2) is 4.79 Å². The molecular weight excluding hydrogens is 192 g/mol. The van der Waals surface area contributed by atoms with Crippen LogP contribution in [-0.2, 0) is 16.1 Å². The average Bonchev–Trinajstić information content (AvgIpc) is 2.31. The lowest BCUT2D eigenvalue weighted by molar-refractivity contribution is -0.141. The van der Waals surface area contributed by atoms with Crippen molar-refractivity contribution in [1.82, 2.24) is 5.32 Å². The summed E-state index contributed by atoms with van der Waals surface area (Å²) < 4.78 is 4.47. The van der Waals surface area contributed by atoms with Crippen LogP contribution in [0.25, 0.3) is 0 Å². The number of nitriles is 1. The molecule has 1 unspecified atom stereocenters. The molecule has 0 aliphatic rings. The Labute approximate surface area is 88.5 Å². The van der Waals surface area contributed by atoms with Crippen molar-refractivity contribution in [2.75, 3.05) is 7.11 Å². The lowest BCUT2D eigenvalue weighted by Gasteiger charge is -2.08. The van der Waals surface area contributed by atoms with Gasteiger partial charge in [0.1, 0.15) is 0 Å². The van der Waals surface area contributed by atoms with Crippen molar-refractivity contribution in [3.8, 4) is 6.07 Å². The quantitative estimate of drug-likeness (QED) is 0.738. The second-order valence-corrected chi connectivity index (χ2v) is 2.95. The van der Waals surface area contributed by atoms with Crippen LogP contribution in [0.2, 0.25) is 0 Å². The Kier molecular flexibility index (Phi) is 4.32. The van der Waals surface area contributed by atoms with Gasteiger partial charge in [0.15, 0.2) is 6.04 Å². The van der Waals surface area contributed by atoms with E-state index in [1.54, 1.807) is 0 Å². The smallest absolute Gasteiger partial charge is 0.337 e. The normalized spacial score (nSPS) is 11.5. The Hall–Kier alpha value is -1.86. The molecular formula is C11H12N2O2. The van der Waals surface area contributed by atoms with Gasteiger partial charge in [-0.1, -0.05) is 30.3 Å². The molecule has 0 heterocycles. The van der Waals surface area contributed by atoms with Gasteiger partial charge in [0.2, 0.25) is 0 Å². The lowest BCUT2D eigenvalue weighted by Crippen LogP contribution is -2.35. The molecule has 0 saturated heterocycles. The van der Waals surface area contributed by atoms with E-state index in [9.17, 15) is 4.79 Å². The third-order valence-corrected chi connectivity index (χ3v) is 1.92. The molecule has 1 aromatic carbocycles. The molecule has 0 aliphatic carbocycles. The lowest BCUT2D eigenvalue weighted by atomic mass is 10.2. The number of ether oxygens (including phenoxy) is 1. The third-order valence-electron chi connectivity index (χ3n) is 1.92. The van der Waals surface area contributed by atoms with Crippen molar-refractivity contribution in [2.45, 2.75) is 12.6 Å². The van der Waals surface area contributed by atoms with Gasteiger partial charge in [-0.2, -0.15) is 5.26 Å². The maximum absolute atomic E-state index is 11.1. The van der Waals surface area contributed by atoms with Crippen LogP contribution in [0, 0.1) is 11.3 Å². The second kappa shape index (κ2) is 5.78. The summed E-state index contributed by atoms with van der Waals surface area (Å²) in [4.78, 5) is 11.1. The minimum atomic E-state index is -0.907.